The van der Waals surface area contributed by atoms with Gasteiger partial charge in [-0.25, -0.2) is 9.13 Å². The van der Waals surface area contributed by atoms with Crippen molar-refractivity contribution < 1.29 is 111 Å². The maximum atomic E-state index is 13.8. The van der Waals surface area contributed by atoms with Gasteiger partial charge in [-0.15, -0.1) is 0 Å². The lowest BCUT2D eigenvalue weighted by molar-refractivity contribution is -0.296. The quantitative estimate of drug-likeness (QED) is 0.0225. The molecule has 0 aliphatic carbocycles. The van der Waals surface area contributed by atoms with E-state index < -0.39 is 164 Å². The number of nitrogens with one attached hydrogen (secondary N) is 2. The molecule has 27 heteroatoms. The summed E-state index contributed by atoms with van der Waals surface area (Å²) in [5.74, 6) is -4.06. The first-order valence-electron chi connectivity index (χ1n) is 28.8. The molecule has 0 bridgehead atoms. The summed E-state index contributed by atoms with van der Waals surface area (Å²) >= 11 is 0. The third kappa shape index (κ3) is 31.3. The Bertz CT molecular complexity index is 1790. The summed E-state index contributed by atoms with van der Waals surface area (Å²) in [4.78, 5) is 94.8. The number of hydrogen-bond acceptors (Lipinski definition) is 19. The lowest BCUT2D eigenvalue weighted by Gasteiger charge is -2.47. The zero-order valence-electron chi connectivity index (χ0n) is 47.0. The Morgan fingerprint density at radius 2 is 0.835 bits per heavy atom. The number of unbranched alkanes of at least 4 members (excludes halogenated alkanes) is 16. The SMILES string of the molecule is CCCCCCC[C@@H](O)CC(=O)N[C@H]1[C@H](OC[C@H]2O[C@@H](OP(=O)(O)O)[C@H](NC(=O)C[C@H](O)CCCCCCC)[C@@H](OC(=O)C[C@H](O)CCCCCCC)[C@@H]2O)O[C@H](CO)[C@@H](OP(=O)(O)O)[C@@H]1OC(=O)C[C@H](O)CCCCCCC. The molecule has 0 aromatic heterocycles. The van der Waals surface area contributed by atoms with Gasteiger partial charge in [-0.1, -0.05) is 156 Å². The van der Waals surface area contributed by atoms with E-state index in [2.05, 4.69) is 10.6 Å². The average molecular weight is 1180 g/mol. The molecule has 0 radical (unpaired) electrons. The first kappa shape index (κ1) is 72.8. The number of ether oxygens (including phenoxy) is 5. The second kappa shape index (κ2) is 40.1. The molecule has 0 unspecified atom stereocenters. The predicted octanol–water partition coefficient (Wildman–Crippen LogP) is 4.63. The van der Waals surface area contributed by atoms with Crippen molar-refractivity contribution in [1.82, 2.24) is 10.6 Å². The van der Waals surface area contributed by atoms with E-state index in [0.717, 1.165) is 103 Å². The Balaban J connectivity index is 2.62. The molecule has 14 atom stereocenters. The summed E-state index contributed by atoms with van der Waals surface area (Å²) in [6.45, 7) is 6.10. The molecule has 0 saturated carbocycles. The second-order valence-corrected chi connectivity index (χ2v) is 23.5. The lowest BCUT2D eigenvalue weighted by atomic mass is 9.95. The zero-order valence-corrected chi connectivity index (χ0v) is 48.8. The molecule has 2 rings (SSSR count). The Labute approximate surface area is 466 Å². The highest BCUT2D eigenvalue weighted by atomic mass is 31.2. The minimum absolute atomic E-state index is 0.189. The van der Waals surface area contributed by atoms with Crippen LogP contribution in [0.2, 0.25) is 0 Å². The monoisotopic (exact) mass is 1180 g/mol. The third-order valence-corrected chi connectivity index (χ3v) is 14.8. The Morgan fingerprint density at radius 3 is 1.22 bits per heavy atom. The van der Waals surface area contributed by atoms with Crippen LogP contribution in [0.25, 0.3) is 0 Å². The summed E-state index contributed by atoms with van der Waals surface area (Å²) in [6, 6.07) is -3.74. The fourth-order valence-corrected chi connectivity index (χ4v) is 10.6. The summed E-state index contributed by atoms with van der Waals surface area (Å²) in [5, 5.41) is 70.7. The van der Waals surface area contributed by atoms with Crippen molar-refractivity contribution in [3.8, 4) is 0 Å². The van der Waals surface area contributed by atoms with Gasteiger partial charge in [0.25, 0.3) is 0 Å². The van der Waals surface area contributed by atoms with Crippen molar-refractivity contribution in [1.29, 1.82) is 0 Å². The van der Waals surface area contributed by atoms with Crippen LogP contribution in [0.5, 0.6) is 0 Å². The van der Waals surface area contributed by atoms with Gasteiger partial charge in [0.05, 0.1) is 63.3 Å². The Morgan fingerprint density at radius 1 is 0.481 bits per heavy atom. The molecular formula is C52H98N2O23P2. The third-order valence-electron chi connectivity index (χ3n) is 13.8. The highest BCUT2D eigenvalue weighted by Crippen LogP contribution is 2.44. The molecule has 464 valence electrons. The molecule has 2 fully saturated rings. The Kier molecular flexibility index (Phi) is 37.0. The van der Waals surface area contributed by atoms with Crippen LogP contribution < -0.4 is 10.6 Å². The molecule has 0 aromatic carbocycles. The largest absolute Gasteiger partial charge is 0.472 e. The van der Waals surface area contributed by atoms with Gasteiger partial charge in [0.1, 0.15) is 36.5 Å². The first-order chi connectivity index (χ1) is 37.4. The Hall–Kier alpha value is -2.26. The number of esters is 2. The van der Waals surface area contributed by atoms with Gasteiger partial charge in [0.15, 0.2) is 24.8 Å². The van der Waals surface area contributed by atoms with Crippen LogP contribution in [-0.4, -0.2) is 173 Å². The van der Waals surface area contributed by atoms with Gasteiger partial charge >= 0.3 is 27.6 Å². The van der Waals surface area contributed by atoms with Crippen LogP contribution in [0, 0.1) is 0 Å². The second-order valence-electron chi connectivity index (χ2n) is 21.1. The predicted molar refractivity (Wildman–Crippen MR) is 286 cm³/mol. The number of phosphoric ester groups is 2. The van der Waals surface area contributed by atoms with Crippen LogP contribution >= 0.6 is 15.6 Å². The number of carbonyl (C=O) groups is 4. The number of carbonyl (C=O) groups excluding carboxylic acids is 4. The highest BCUT2D eigenvalue weighted by molar-refractivity contribution is 7.46. The minimum atomic E-state index is -5.59. The van der Waals surface area contributed by atoms with Crippen LogP contribution in [0.1, 0.15) is 207 Å². The van der Waals surface area contributed by atoms with Gasteiger partial charge in [-0.2, -0.15) is 0 Å². The molecule has 2 saturated heterocycles. The smallest absolute Gasteiger partial charge is 0.457 e. The highest BCUT2D eigenvalue weighted by Gasteiger charge is 2.54. The minimum Gasteiger partial charge on any atom is -0.457 e. The van der Waals surface area contributed by atoms with E-state index in [9.17, 15) is 78.5 Å². The fraction of sp³-hybridized carbons (Fsp3) is 0.923. The van der Waals surface area contributed by atoms with Gasteiger partial charge in [0.2, 0.25) is 11.8 Å². The van der Waals surface area contributed by atoms with E-state index in [-0.39, 0.29) is 25.7 Å². The van der Waals surface area contributed by atoms with Crippen LogP contribution in [0.15, 0.2) is 0 Å². The van der Waals surface area contributed by atoms with Crippen LogP contribution in [-0.2, 0) is 61.0 Å². The van der Waals surface area contributed by atoms with Crippen molar-refractivity contribution in [2.75, 3.05) is 13.2 Å². The van der Waals surface area contributed by atoms with E-state index in [1.807, 2.05) is 27.7 Å². The van der Waals surface area contributed by atoms with Crippen molar-refractivity contribution in [2.45, 2.75) is 293 Å². The number of aliphatic hydroxyl groups excluding tert-OH is 6. The molecule has 12 N–H and O–H groups in total. The summed E-state index contributed by atoms with van der Waals surface area (Å²) in [5.41, 5.74) is 0. The molecule has 2 aliphatic rings. The molecule has 25 nitrogen and oxygen atoms in total. The number of amides is 2. The first-order valence-corrected chi connectivity index (χ1v) is 31.9. The van der Waals surface area contributed by atoms with E-state index in [0.29, 0.717) is 25.7 Å². The summed E-state index contributed by atoms with van der Waals surface area (Å²) < 4.78 is 64.3. The number of aliphatic hydroxyl groups is 6. The van der Waals surface area contributed by atoms with Gasteiger partial charge in [-0.05, 0) is 25.7 Å². The maximum Gasteiger partial charge on any atom is 0.472 e. The molecular weight excluding hydrogens is 1080 g/mol. The van der Waals surface area contributed by atoms with Crippen LogP contribution in [0.4, 0.5) is 0 Å². The normalized spacial score (nSPS) is 25.2. The zero-order chi connectivity index (χ0) is 59.0. The molecule has 0 aromatic rings. The van der Waals surface area contributed by atoms with Crippen LogP contribution in [0.3, 0.4) is 0 Å². The van der Waals surface area contributed by atoms with Gasteiger partial charge < -0.3 is 84.5 Å². The molecule has 79 heavy (non-hydrogen) atoms. The van der Waals surface area contributed by atoms with Gasteiger partial charge in [-0.3, -0.25) is 28.2 Å². The molecule has 2 amide bonds. The van der Waals surface area contributed by atoms with Crippen molar-refractivity contribution in [3.63, 3.8) is 0 Å². The molecule has 2 heterocycles. The van der Waals surface area contributed by atoms with E-state index in [1.165, 1.54) is 0 Å². The molecule has 2 aliphatic heterocycles. The van der Waals surface area contributed by atoms with E-state index >= 15 is 0 Å². The van der Waals surface area contributed by atoms with Gasteiger partial charge in [0, 0.05) is 0 Å². The topological polar surface area (TPSA) is 393 Å². The van der Waals surface area contributed by atoms with Crippen molar-refractivity contribution >= 4 is 39.4 Å². The van der Waals surface area contributed by atoms with Crippen molar-refractivity contribution in [3.05, 3.63) is 0 Å². The van der Waals surface area contributed by atoms with Crippen molar-refractivity contribution in [2.24, 2.45) is 0 Å². The number of phosphoric acid groups is 2. The number of rotatable bonds is 44. The average Bonchev–Trinajstić information content (AvgIpc) is 3.38. The fourth-order valence-electron chi connectivity index (χ4n) is 9.58. The maximum absolute atomic E-state index is 13.8. The lowest BCUT2D eigenvalue weighted by Crippen LogP contribution is -2.68. The summed E-state index contributed by atoms with van der Waals surface area (Å²) in [7, 11) is -11.1. The van der Waals surface area contributed by atoms with E-state index in [1.54, 1.807) is 0 Å². The standard InChI is InChI=1S/C52H98N2O23P2/c1-5-9-13-17-21-25-35(56)29-41(60)53-45-49(74-43(62)31-37(58)27-23-19-15-11-7-3)47(64)40(73-52(45)77-79(68,69)70)34-71-51-46(54-42(61)30-36(57)26-22-18-14-10-6-2)50(48(39(33-55)72-51)76-78(65,66)67)75-44(63)32-38(59)28-24-20-16-12-8-4/h35-40,45-52,55-59,64H,5-34H2,1-4H3,(H,53,60)(H,54,61)(H2,65,66,67)(H2,68,69,70)/t35-,36-,37-,38-,39-,40-,45-,46-,47-,48-,49-,50-,51-,52+/m1/s1. The summed E-state index contributed by atoms with van der Waals surface area (Å²) in [6.07, 6.45) is -5.50. The van der Waals surface area contributed by atoms with E-state index in [4.69, 9.17) is 32.7 Å². The molecule has 0 spiro atoms. The number of hydrogen-bond donors (Lipinski definition) is 12.